The number of fused-ring (bicyclic) bond motifs is 7. The van der Waals surface area contributed by atoms with Crippen molar-refractivity contribution in [1.29, 1.82) is 0 Å². The number of aliphatic hydroxyl groups is 1. The summed E-state index contributed by atoms with van der Waals surface area (Å²) in [4.78, 5) is 12.8. The lowest BCUT2D eigenvalue weighted by molar-refractivity contribution is -0.395. The molecule has 1 unspecified atom stereocenters. The Hall–Kier alpha value is -0.870. The fourth-order valence-corrected chi connectivity index (χ4v) is 11.3. The van der Waals surface area contributed by atoms with E-state index in [0.717, 1.165) is 51.4 Å². The molecule has 0 aromatic carbocycles. The number of aliphatic carboxylic acids is 1. The Kier molecular flexibility index (Phi) is 4.64. The number of carbonyl (C=O) groups is 1. The van der Waals surface area contributed by atoms with Gasteiger partial charge in [0.15, 0.2) is 5.79 Å². The second kappa shape index (κ2) is 6.71. The molecule has 34 heavy (non-hydrogen) atoms. The van der Waals surface area contributed by atoms with Crippen molar-refractivity contribution < 1.29 is 19.7 Å². The van der Waals surface area contributed by atoms with Crippen LogP contribution in [0.15, 0.2) is 11.6 Å². The smallest absolute Gasteiger partial charge is 0.310 e. The Morgan fingerprint density at radius 1 is 0.971 bits per heavy atom. The molecule has 2 N–H and O–H groups in total. The Morgan fingerprint density at radius 3 is 2.35 bits per heavy atom. The molecule has 0 amide bonds. The van der Waals surface area contributed by atoms with Crippen molar-refractivity contribution >= 4 is 5.97 Å². The highest BCUT2D eigenvalue weighted by Gasteiger charge is 2.74. The summed E-state index contributed by atoms with van der Waals surface area (Å²) in [6.45, 7) is 14.9. The molecule has 10 atom stereocenters. The van der Waals surface area contributed by atoms with Crippen LogP contribution in [0.5, 0.6) is 0 Å². The van der Waals surface area contributed by atoms with E-state index in [1.54, 1.807) is 0 Å². The van der Waals surface area contributed by atoms with Crippen LogP contribution in [0.2, 0.25) is 0 Å². The summed E-state index contributed by atoms with van der Waals surface area (Å²) in [7, 11) is 0. The van der Waals surface area contributed by atoms with Crippen molar-refractivity contribution in [2.75, 3.05) is 6.61 Å². The fraction of sp³-hybridized carbons (Fsp3) is 0.900. The average Bonchev–Trinajstić information content (AvgIpc) is 2.77. The van der Waals surface area contributed by atoms with Crippen LogP contribution >= 0.6 is 0 Å². The molecule has 4 saturated carbocycles. The fourth-order valence-electron chi connectivity index (χ4n) is 11.3. The van der Waals surface area contributed by atoms with E-state index in [1.807, 2.05) is 0 Å². The Morgan fingerprint density at radius 2 is 1.71 bits per heavy atom. The highest BCUT2D eigenvalue weighted by molar-refractivity contribution is 5.76. The summed E-state index contributed by atoms with van der Waals surface area (Å²) < 4.78 is 6.32. The molecule has 2 aliphatic heterocycles. The van der Waals surface area contributed by atoms with Crippen molar-refractivity contribution in [2.45, 2.75) is 105 Å². The molecule has 4 nitrogen and oxygen atoms in total. The minimum atomic E-state index is -0.980. The maximum Gasteiger partial charge on any atom is 0.310 e. The lowest BCUT2D eigenvalue weighted by Crippen LogP contribution is -2.73. The lowest BCUT2D eigenvalue weighted by atomic mass is 9.32. The summed E-state index contributed by atoms with van der Waals surface area (Å²) in [5.74, 6) is 0.631. The quantitative estimate of drug-likeness (QED) is 0.434. The first kappa shape index (κ1) is 23.5. The molecule has 0 radical (unpaired) electrons. The zero-order valence-electron chi connectivity index (χ0n) is 22.2. The molecule has 2 heterocycles. The number of rotatable bonds is 1. The third-order valence-corrected chi connectivity index (χ3v) is 13.9. The predicted molar refractivity (Wildman–Crippen MR) is 132 cm³/mol. The monoisotopic (exact) mass is 470 g/mol. The summed E-state index contributed by atoms with van der Waals surface area (Å²) in [6, 6.07) is 0. The van der Waals surface area contributed by atoms with Gasteiger partial charge in [-0.15, -0.1) is 0 Å². The highest BCUT2D eigenvalue weighted by atomic mass is 16.6. The predicted octanol–water partition coefficient (Wildman–Crippen LogP) is 6.43. The van der Waals surface area contributed by atoms with Gasteiger partial charge in [0, 0.05) is 17.3 Å². The number of allylic oxidation sites excluding steroid dienone is 2. The molecule has 5 aliphatic carbocycles. The minimum absolute atomic E-state index is 0.0416. The molecule has 1 spiro atoms. The standard InChI is InChI=1S/C30H46O4/c1-18-9-12-28(24(31)32)14-13-26(5)20(23(28)19(18)2)7-8-22-27(26,6)11-10-21-25(3,4)30(33)16-15-29(21,22)17-34-30/h7,18-19,21-23,33H,8-17H2,1-6H3,(H,31,32)/t18-,19+,21+,22+,23?,26-,27-,28+,29-,30-/m1/s1. The second-order valence-electron chi connectivity index (χ2n) is 14.6. The second-order valence-corrected chi connectivity index (χ2v) is 14.6. The van der Waals surface area contributed by atoms with E-state index < -0.39 is 17.2 Å². The topological polar surface area (TPSA) is 66.8 Å². The number of carboxylic acid groups (broad SMARTS) is 1. The minimum Gasteiger partial charge on any atom is -0.481 e. The van der Waals surface area contributed by atoms with Crippen LogP contribution < -0.4 is 0 Å². The largest absolute Gasteiger partial charge is 0.481 e. The third-order valence-electron chi connectivity index (χ3n) is 13.9. The van der Waals surface area contributed by atoms with Gasteiger partial charge in [0.1, 0.15) is 0 Å². The molecule has 0 aromatic heterocycles. The van der Waals surface area contributed by atoms with Crippen LogP contribution in [0.25, 0.3) is 0 Å². The Bertz CT molecular complexity index is 941. The zero-order chi connectivity index (χ0) is 24.5. The van der Waals surface area contributed by atoms with Gasteiger partial charge in [-0.2, -0.15) is 0 Å². The van der Waals surface area contributed by atoms with Crippen LogP contribution in [-0.4, -0.2) is 28.6 Å². The van der Waals surface area contributed by atoms with E-state index in [2.05, 4.69) is 47.6 Å². The van der Waals surface area contributed by atoms with Crippen LogP contribution in [0.3, 0.4) is 0 Å². The average molecular weight is 471 g/mol. The van der Waals surface area contributed by atoms with Crippen LogP contribution in [0.1, 0.15) is 99.3 Å². The summed E-state index contributed by atoms with van der Waals surface area (Å²) in [5.41, 5.74) is 1.00. The van der Waals surface area contributed by atoms with Crippen LogP contribution in [0, 0.1) is 56.7 Å². The SMILES string of the molecule is C[C@@H]1CC[C@]2(C(=O)O)CC[C@]3(C)C(=CC[C@@H]4[C@]56CC[C@@](O)(OC5)C(C)(C)[C@@H]6CC[C@]43C)C2[C@H]1C. The van der Waals surface area contributed by atoms with Crippen molar-refractivity contribution in [2.24, 2.45) is 56.7 Å². The lowest BCUT2D eigenvalue weighted by Gasteiger charge is -2.74. The van der Waals surface area contributed by atoms with Gasteiger partial charge in [-0.1, -0.05) is 53.2 Å². The highest BCUT2D eigenvalue weighted by Crippen LogP contribution is 2.77. The van der Waals surface area contributed by atoms with E-state index >= 15 is 0 Å². The van der Waals surface area contributed by atoms with Gasteiger partial charge in [-0.05, 0) is 91.8 Å². The van der Waals surface area contributed by atoms with E-state index in [4.69, 9.17) is 4.74 Å². The van der Waals surface area contributed by atoms with Crippen LogP contribution in [-0.2, 0) is 9.53 Å². The summed E-state index contributed by atoms with van der Waals surface area (Å²) >= 11 is 0. The van der Waals surface area contributed by atoms with Gasteiger partial charge in [0.2, 0.25) is 0 Å². The molecule has 190 valence electrons. The van der Waals surface area contributed by atoms with E-state index in [9.17, 15) is 15.0 Å². The number of ether oxygens (including phenoxy) is 1. The molecule has 7 aliphatic rings. The first-order valence-corrected chi connectivity index (χ1v) is 14.1. The molecular weight excluding hydrogens is 424 g/mol. The van der Waals surface area contributed by atoms with Crippen molar-refractivity contribution in [1.82, 2.24) is 0 Å². The number of carboxylic acids is 1. The van der Waals surface area contributed by atoms with Crippen molar-refractivity contribution in [3.8, 4) is 0 Å². The maximum atomic E-state index is 12.8. The first-order valence-electron chi connectivity index (χ1n) is 14.1. The van der Waals surface area contributed by atoms with Gasteiger partial charge >= 0.3 is 5.97 Å². The first-order chi connectivity index (χ1) is 15.8. The van der Waals surface area contributed by atoms with E-state index in [-0.39, 0.29) is 27.6 Å². The van der Waals surface area contributed by atoms with Gasteiger partial charge in [-0.3, -0.25) is 4.79 Å². The Labute approximate surface area is 205 Å². The Balaban J connectivity index is 1.47. The molecule has 7 rings (SSSR count). The maximum absolute atomic E-state index is 12.8. The van der Waals surface area contributed by atoms with E-state index in [0.29, 0.717) is 30.3 Å². The summed E-state index contributed by atoms with van der Waals surface area (Å²) in [6.07, 6.45) is 11.4. The van der Waals surface area contributed by atoms with Gasteiger partial charge in [-0.25, -0.2) is 0 Å². The number of hydrogen-bond acceptors (Lipinski definition) is 3. The molecule has 2 saturated heterocycles. The normalized spacial score (nSPS) is 57.5. The molecule has 4 heteroatoms. The third kappa shape index (κ3) is 2.37. The van der Waals surface area contributed by atoms with E-state index in [1.165, 1.54) is 12.0 Å². The number of hydrogen-bond donors (Lipinski definition) is 2. The van der Waals surface area contributed by atoms with Crippen molar-refractivity contribution in [3.05, 3.63) is 11.6 Å². The van der Waals surface area contributed by atoms with Gasteiger partial charge in [0.05, 0.1) is 12.0 Å². The van der Waals surface area contributed by atoms with Crippen LogP contribution in [0.4, 0.5) is 0 Å². The molecule has 0 aromatic rings. The summed E-state index contributed by atoms with van der Waals surface area (Å²) in [5, 5.41) is 21.9. The molecule has 6 fully saturated rings. The van der Waals surface area contributed by atoms with Crippen molar-refractivity contribution in [3.63, 3.8) is 0 Å². The van der Waals surface area contributed by atoms with Gasteiger partial charge < -0.3 is 14.9 Å². The molecular formula is C30H46O4. The molecule has 2 bridgehead atoms. The zero-order valence-corrected chi connectivity index (χ0v) is 22.2. The van der Waals surface area contributed by atoms with Gasteiger partial charge in [0.25, 0.3) is 0 Å².